The summed E-state index contributed by atoms with van der Waals surface area (Å²) in [6.07, 6.45) is 9.50. The van der Waals surface area contributed by atoms with Crippen LogP contribution in [0.5, 0.6) is 0 Å². The minimum atomic E-state index is 0. The van der Waals surface area contributed by atoms with Crippen molar-refractivity contribution in [2.24, 2.45) is 0 Å². The molecule has 0 atom stereocenters. The maximum absolute atomic E-state index is 2.12. The quantitative estimate of drug-likeness (QED) is 0.420. The summed E-state index contributed by atoms with van der Waals surface area (Å²) in [5.41, 5.74) is 0. The molecule has 0 saturated carbocycles. The van der Waals surface area contributed by atoms with Crippen molar-refractivity contribution >= 4 is 17.6 Å². The van der Waals surface area contributed by atoms with Gasteiger partial charge in [0.2, 0.25) is 0 Å². The molecule has 0 radical (unpaired) electrons. The van der Waals surface area contributed by atoms with Crippen molar-refractivity contribution in [3.05, 3.63) is 24.3 Å². The molecule has 1 aliphatic rings. The van der Waals surface area contributed by atoms with Crippen LogP contribution in [0.1, 0.15) is 6.42 Å². The van der Waals surface area contributed by atoms with Crippen LogP contribution in [0.2, 0.25) is 0 Å². The van der Waals surface area contributed by atoms with E-state index in [4.69, 9.17) is 0 Å². The zero-order valence-corrected chi connectivity index (χ0v) is 3.02. The summed E-state index contributed by atoms with van der Waals surface area (Å²) < 4.78 is 0. The first-order valence-electron chi connectivity index (χ1n) is 1.82. The number of rotatable bonds is 0. The maximum atomic E-state index is 2.12. The second-order valence-electron chi connectivity index (χ2n) is 1.09. The molecular weight excluding hydrogens is 133 g/mol. The molecule has 0 N–H and O–H groups in total. The average Bonchev–Trinajstić information content (AvgIpc) is 1.76. The van der Waals surface area contributed by atoms with E-state index in [0.29, 0.717) is 0 Å². The molecular formula is C5H10Ge. The van der Waals surface area contributed by atoms with E-state index in [9.17, 15) is 0 Å². The topological polar surface area (TPSA) is 0 Å². The molecule has 34 valence electrons. The van der Waals surface area contributed by atoms with Crippen molar-refractivity contribution in [3.8, 4) is 0 Å². The Morgan fingerprint density at radius 3 is 1.67 bits per heavy atom. The summed E-state index contributed by atoms with van der Waals surface area (Å²) in [6.45, 7) is 0. The SMILES string of the molecule is C1=CCC=C1.[GeH4]. The van der Waals surface area contributed by atoms with Gasteiger partial charge < -0.3 is 0 Å². The van der Waals surface area contributed by atoms with Gasteiger partial charge in [-0.3, -0.25) is 0 Å². The van der Waals surface area contributed by atoms with Crippen molar-refractivity contribution in [1.82, 2.24) is 0 Å². The third-order valence-electron chi connectivity index (χ3n) is 0.655. The van der Waals surface area contributed by atoms with Gasteiger partial charge in [-0.2, -0.15) is 0 Å². The Morgan fingerprint density at radius 2 is 1.50 bits per heavy atom. The fraction of sp³-hybridized carbons (Fsp3) is 0.200. The van der Waals surface area contributed by atoms with Gasteiger partial charge in [0.15, 0.2) is 0 Å². The molecule has 0 unspecified atom stereocenters. The number of allylic oxidation sites excluding steroid dienone is 4. The monoisotopic (exact) mass is 144 g/mol. The van der Waals surface area contributed by atoms with Crippen LogP contribution >= 0.6 is 0 Å². The normalized spacial score (nSPS) is 14.7. The van der Waals surface area contributed by atoms with Crippen molar-refractivity contribution in [1.29, 1.82) is 0 Å². The molecule has 0 aromatic rings. The Balaban J connectivity index is 0.000000250. The fourth-order valence-corrected chi connectivity index (χ4v) is 0.393. The van der Waals surface area contributed by atoms with Gasteiger partial charge in [-0.25, -0.2) is 0 Å². The number of hydrogen-bond acceptors (Lipinski definition) is 0. The van der Waals surface area contributed by atoms with Gasteiger partial charge in [0.1, 0.15) is 0 Å². The third-order valence-corrected chi connectivity index (χ3v) is 0.655. The van der Waals surface area contributed by atoms with Crippen LogP contribution in [0.15, 0.2) is 24.3 Å². The Bertz CT molecular complexity index is 62.0. The minimum absolute atomic E-state index is 0. The molecule has 1 aliphatic carbocycles. The molecule has 0 fully saturated rings. The molecule has 1 rings (SSSR count). The molecule has 0 bridgehead atoms. The van der Waals surface area contributed by atoms with Crippen molar-refractivity contribution < 1.29 is 0 Å². The molecule has 0 amide bonds. The van der Waals surface area contributed by atoms with E-state index in [1.807, 2.05) is 0 Å². The first-order chi connectivity index (χ1) is 2.50. The average molecular weight is 143 g/mol. The zero-order chi connectivity index (χ0) is 3.54. The Hall–Kier alpha value is 0.0229. The molecule has 6 heavy (non-hydrogen) atoms. The molecule has 0 spiro atoms. The van der Waals surface area contributed by atoms with Gasteiger partial charge in [0.25, 0.3) is 0 Å². The Morgan fingerprint density at radius 1 is 1.00 bits per heavy atom. The second-order valence-corrected chi connectivity index (χ2v) is 1.09. The summed E-state index contributed by atoms with van der Waals surface area (Å²) in [6, 6.07) is 0. The molecule has 0 nitrogen and oxygen atoms in total. The van der Waals surface area contributed by atoms with E-state index in [0.717, 1.165) is 6.42 Å². The van der Waals surface area contributed by atoms with E-state index in [1.54, 1.807) is 0 Å². The van der Waals surface area contributed by atoms with Crippen LogP contribution < -0.4 is 0 Å². The van der Waals surface area contributed by atoms with Crippen molar-refractivity contribution in [2.45, 2.75) is 6.42 Å². The van der Waals surface area contributed by atoms with Crippen LogP contribution in [0, 0.1) is 0 Å². The van der Waals surface area contributed by atoms with Crippen LogP contribution in [-0.4, -0.2) is 17.6 Å². The van der Waals surface area contributed by atoms with Crippen LogP contribution in [0.25, 0.3) is 0 Å². The molecule has 1 heteroatoms. The van der Waals surface area contributed by atoms with E-state index in [1.165, 1.54) is 0 Å². The Kier molecular flexibility index (Phi) is 3.23. The second kappa shape index (κ2) is 3.22. The van der Waals surface area contributed by atoms with Gasteiger partial charge >= 0.3 is 17.6 Å². The fourth-order valence-electron chi connectivity index (χ4n) is 0.393. The van der Waals surface area contributed by atoms with E-state index in [2.05, 4.69) is 24.3 Å². The predicted molar refractivity (Wildman–Crippen MR) is 34.2 cm³/mol. The van der Waals surface area contributed by atoms with Gasteiger partial charge in [0, 0.05) is 0 Å². The van der Waals surface area contributed by atoms with Crippen molar-refractivity contribution in [2.75, 3.05) is 0 Å². The molecule has 0 aromatic heterocycles. The van der Waals surface area contributed by atoms with Crippen LogP contribution in [0.4, 0.5) is 0 Å². The zero-order valence-electron chi connectivity index (χ0n) is 3.02. The summed E-state index contributed by atoms with van der Waals surface area (Å²) in [5, 5.41) is 0. The molecule has 0 saturated heterocycles. The summed E-state index contributed by atoms with van der Waals surface area (Å²) in [7, 11) is 0. The first kappa shape index (κ1) is 6.02. The van der Waals surface area contributed by atoms with Gasteiger partial charge in [0.05, 0.1) is 0 Å². The Labute approximate surface area is 48.9 Å². The van der Waals surface area contributed by atoms with Crippen LogP contribution in [0.3, 0.4) is 0 Å². The van der Waals surface area contributed by atoms with Crippen molar-refractivity contribution in [3.63, 3.8) is 0 Å². The van der Waals surface area contributed by atoms with E-state index < -0.39 is 0 Å². The summed E-state index contributed by atoms with van der Waals surface area (Å²) in [5.74, 6) is 0. The first-order valence-corrected chi connectivity index (χ1v) is 1.82. The standard InChI is InChI=1S/C5H6.GeH4/c1-2-4-5-3-1;/h1-4H,5H2;1H4. The third kappa shape index (κ3) is 1.46. The summed E-state index contributed by atoms with van der Waals surface area (Å²) in [4.78, 5) is 0. The molecule has 0 heterocycles. The molecule has 0 aliphatic heterocycles. The van der Waals surface area contributed by atoms with Gasteiger partial charge in [-0.1, -0.05) is 24.3 Å². The van der Waals surface area contributed by atoms with E-state index in [-0.39, 0.29) is 17.6 Å². The molecule has 0 aromatic carbocycles. The summed E-state index contributed by atoms with van der Waals surface area (Å²) >= 11 is 0. The predicted octanol–water partition coefficient (Wildman–Crippen LogP) is 0.0509. The van der Waals surface area contributed by atoms with Gasteiger partial charge in [-0.15, -0.1) is 0 Å². The number of hydrogen-bond donors (Lipinski definition) is 0. The van der Waals surface area contributed by atoms with Crippen LogP contribution in [-0.2, 0) is 0 Å². The van der Waals surface area contributed by atoms with E-state index >= 15 is 0 Å². The van der Waals surface area contributed by atoms with Gasteiger partial charge in [-0.05, 0) is 6.42 Å².